The lowest BCUT2D eigenvalue weighted by Crippen LogP contribution is -2.30. The highest BCUT2D eigenvalue weighted by atomic mass is 79.9. The topological polar surface area (TPSA) is 29.1 Å². The molecule has 1 unspecified atom stereocenters. The van der Waals surface area contributed by atoms with E-state index < -0.39 is 5.82 Å². The van der Waals surface area contributed by atoms with Gasteiger partial charge in [0.15, 0.2) is 0 Å². The third kappa shape index (κ3) is 4.64. The maximum absolute atomic E-state index is 13.0. The number of alkyl halides is 1. The number of nitrogens with one attached hydrogen (secondary N) is 1. The molecule has 0 radical (unpaired) electrons. The molecule has 0 spiro atoms. The van der Waals surface area contributed by atoms with Crippen LogP contribution in [0.5, 0.6) is 0 Å². The van der Waals surface area contributed by atoms with E-state index in [-0.39, 0.29) is 16.8 Å². The van der Waals surface area contributed by atoms with Crippen LogP contribution < -0.4 is 5.32 Å². The maximum Gasteiger partial charge on any atom is 0.252 e. The molecule has 5 heteroatoms. The fourth-order valence-electron chi connectivity index (χ4n) is 1.39. The minimum atomic E-state index is -0.436. The zero-order valence-electron chi connectivity index (χ0n) is 9.47. The second-order valence-electron chi connectivity index (χ2n) is 3.72. The molecule has 1 aromatic rings. The van der Waals surface area contributed by atoms with Gasteiger partial charge in [-0.05, 0) is 40.5 Å². The van der Waals surface area contributed by atoms with Crippen LogP contribution >= 0.6 is 27.5 Å². The van der Waals surface area contributed by atoms with Gasteiger partial charge in [0.25, 0.3) is 5.91 Å². The normalized spacial score (nSPS) is 12.2. The molecule has 0 aliphatic rings. The van der Waals surface area contributed by atoms with Crippen LogP contribution in [0.25, 0.3) is 0 Å². The van der Waals surface area contributed by atoms with Crippen molar-refractivity contribution in [1.82, 2.24) is 5.32 Å². The number of amides is 1. The number of carbonyl (C=O) groups is 1. The van der Waals surface area contributed by atoms with Gasteiger partial charge in [0.1, 0.15) is 5.82 Å². The van der Waals surface area contributed by atoms with Crippen LogP contribution in [0.15, 0.2) is 22.7 Å². The predicted molar refractivity (Wildman–Crippen MR) is 71.0 cm³/mol. The standard InChI is InChI=1S/C12H14BrClFNO/c1-2-3-8(14)7-16-12(17)10-6-9(15)4-5-11(10)13/h4-6,8H,2-3,7H2,1H3,(H,16,17). The summed E-state index contributed by atoms with van der Waals surface area (Å²) in [5, 5.41) is 2.60. The van der Waals surface area contributed by atoms with Gasteiger partial charge < -0.3 is 5.32 Å². The van der Waals surface area contributed by atoms with Crippen LogP contribution in [0.1, 0.15) is 30.1 Å². The summed E-state index contributed by atoms with van der Waals surface area (Å²) in [5.41, 5.74) is 0.283. The van der Waals surface area contributed by atoms with Gasteiger partial charge >= 0.3 is 0 Å². The van der Waals surface area contributed by atoms with E-state index in [0.717, 1.165) is 12.8 Å². The van der Waals surface area contributed by atoms with Gasteiger partial charge in [0.2, 0.25) is 0 Å². The summed E-state index contributed by atoms with van der Waals surface area (Å²) in [6, 6.07) is 4.00. The molecule has 0 saturated heterocycles. The average Bonchev–Trinajstić information content (AvgIpc) is 2.29. The first kappa shape index (κ1) is 14.5. The zero-order chi connectivity index (χ0) is 12.8. The summed E-state index contributed by atoms with van der Waals surface area (Å²) in [6.07, 6.45) is 1.81. The smallest absolute Gasteiger partial charge is 0.252 e. The minimum absolute atomic E-state index is 0.0868. The van der Waals surface area contributed by atoms with Crippen molar-refractivity contribution in [2.75, 3.05) is 6.54 Å². The molecule has 1 atom stereocenters. The Morgan fingerprint density at radius 1 is 1.59 bits per heavy atom. The molecular weight excluding hydrogens is 308 g/mol. The Hall–Kier alpha value is -0.610. The van der Waals surface area contributed by atoms with E-state index in [0.29, 0.717) is 11.0 Å². The van der Waals surface area contributed by atoms with Crippen molar-refractivity contribution in [3.63, 3.8) is 0 Å². The molecule has 0 fully saturated rings. The molecule has 1 aromatic carbocycles. The van der Waals surface area contributed by atoms with E-state index in [4.69, 9.17) is 11.6 Å². The van der Waals surface area contributed by atoms with Crippen molar-refractivity contribution < 1.29 is 9.18 Å². The molecule has 1 amide bonds. The second kappa shape index (κ2) is 6.97. The highest BCUT2D eigenvalue weighted by Gasteiger charge is 2.12. The third-order valence-electron chi connectivity index (χ3n) is 2.26. The van der Waals surface area contributed by atoms with Crippen LogP contribution in [0, 0.1) is 5.82 Å². The number of hydrogen-bond acceptors (Lipinski definition) is 1. The van der Waals surface area contributed by atoms with Crippen molar-refractivity contribution >= 4 is 33.4 Å². The van der Waals surface area contributed by atoms with Crippen LogP contribution in [-0.2, 0) is 0 Å². The highest BCUT2D eigenvalue weighted by molar-refractivity contribution is 9.10. The predicted octanol–water partition coefficient (Wildman–Crippen LogP) is 3.73. The van der Waals surface area contributed by atoms with E-state index >= 15 is 0 Å². The molecule has 1 N–H and O–H groups in total. The minimum Gasteiger partial charge on any atom is -0.351 e. The second-order valence-corrected chi connectivity index (χ2v) is 5.19. The van der Waals surface area contributed by atoms with Gasteiger partial charge in [-0.1, -0.05) is 13.3 Å². The lowest BCUT2D eigenvalue weighted by molar-refractivity contribution is 0.0952. The largest absolute Gasteiger partial charge is 0.351 e. The van der Waals surface area contributed by atoms with Gasteiger partial charge in [-0.2, -0.15) is 0 Å². The quantitative estimate of drug-likeness (QED) is 0.822. The maximum atomic E-state index is 13.0. The Morgan fingerprint density at radius 2 is 2.29 bits per heavy atom. The number of carbonyl (C=O) groups excluding carboxylic acids is 1. The third-order valence-corrected chi connectivity index (χ3v) is 3.32. The Kier molecular flexibility index (Phi) is 5.92. The van der Waals surface area contributed by atoms with E-state index in [2.05, 4.69) is 21.2 Å². The monoisotopic (exact) mass is 321 g/mol. The summed E-state index contributed by atoms with van der Waals surface area (Å²) in [5.74, 6) is -0.757. The first-order chi connectivity index (χ1) is 8.04. The Balaban J connectivity index is 2.61. The number of hydrogen-bond donors (Lipinski definition) is 1. The zero-order valence-corrected chi connectivity index (χ0v) is 11.8. The van der Waals surface area contributed by atoms with E-state index in [1.807, 2.05) is 6.92 Å². The van der Waals surface area contributed by atoms with E-state index in [1.165, 1.54) is 18.2 Å². The van der Waals surface area contributed by atoms with Gasteiger partial charge in [0.05, 0.1) is 10.9 Å². The Morgan fingerprint density at radius 3 is 2.94 bits per heavy atom. The fraction of sp³-hybridized carbons (Fsp3) is 0.417. The van der Waals surface area contributed by atoms with Crippen LogP contribution in [0.4, 0.5) is 4.39 Å². The summed E-state index contributed by atoms with van der Waals surface area (Å²) < 4.78 is 13.6. The van der Waals surface area contributed by atoms with Gasteiger partial charge in [-0.3, -0.25) is 4.79 Å². The molecule has 0 bridgehead atoms. The van der Waals surface area contributed by atoms with Crippen LogP contribution in [-0.4, -0.2) is 17.8 Å². The summed E-state index contributed by atoms with van der Waals surface area (Å²) in [6.45, 7) is 2.41. The van der Waals surface area contributed by atoms with Gasteiger partial charge in [-0.15, -0.1) is 11.6 Å². The van der Waals surface area contributed by atoms with Crippen molar-refractivity contribution in [2.24, 2.45) is 0 Å². The molecule has 17 heavy (non-hydrogen) atoms. The molecule has 0 aliphatic heterocycles. The first-order valence-corrected chi connectivity index (χ1v) is 6.64. The van der Waals surface area contributed by atoms with Crippen LogP contribution in [0.3, 0.4) is 0 Å². The van der Waals surface area contributed by atoms with Crippen LogP contribution in [0.2, 0.25) is 0 Å². The summed E-state index contributed by atoms with van der Waals surface area (Å²) in [4.78, 5) is 11.8. The van der Waals surface area contributed by atoms with Gasteiger partial charge in [-0.25, -0.2) is 4.39 Å². The molecule has 2 nitrogen and oxygen atoms in total. The molecular formula is C12H14BrClFNO. The summed E-state index contributed by atoms with van der Waals surface area (Å²) in [7, 11) is 0. The van der Waals surface area contributed by atoms with Crippen molar-refractivity contribution in [1.29, 1.82) is 0 Å². The number of halogens is 3. The van der Waals surface area contributed by atoms with Crippen molar-refractivity contribution in [3.8, 4) is 0 Å². The fourth-order valence-corrected chi connectivity index (χ4v) is 2.11. The van der Waals surface area contributed by atoms with Crippen molar-refractivity contribution in [3.05, 3.63) is 34.1 Å². The molecule has 94 valence electrons. The molecule has 0 aliphatic carbocycles. The van der Waals surface area contributed by atoms with E-state index in [9.17, 15) is 9.18 Å². The lowest BCUT2D eigenvalue weighted by Gasteiger charge is -2.10. The Bertz CT molecular complexity index is 400. The number of benzene rings is 1. The van der Waals surface area contributed by atoms with E-state index in [1.54, 1.807) is 0 Å². The molecule has 1 rings (SSSR count). The molecule has 0 saturated carbocycles. The average molecular weight is 323 g/mol. The highest BCUT2D eigenvalue weighted by Crippen LogP contribution is 2.17. The number of rotatable bonds is 5. The lowest BCUT2D eigenvalue weighted by atomic mass is 10.2. The first-order valence-electron chi connectivity index (χ1n) is 5.42. The Labute approximate surface area is 114 Å². The summed E-state index contributed by atoms with van der Waals surface area (Å²) >= 11 is 9.19. The SMILES string of the molecule is CCCC(Cl)CNC(=O)c1cc(F)ccc1Br. The van der Waals surface area contributed by atoms with Gasteiger partial charge in [0, 0.05) is 11.0 Å². The van der Waals surface area contributed by atoms with Crippen molar-refractivity contribution in [2.45, 2.75) is 25.1 Å². The molecule has 0 heterocycles. The molecule has 0 aromatic heterocycles.